The lowest BCUT2D eigenvalue weighted by Crippen LogP contribution is -2.15. The highest BCUT2D eigenvalue weighted by Gasteiger charge is 2.35. The second-order valence-corrected chi connectivity index (χ2v) is 12.6. The van der Waals surface area contributed by atoms with Crippen LogP contribution >= 0.6 is 0 Å². The Morgan fingerprint density at radius 1 is 0.556 bits per heavy atom. The van der Waals surface area contributed by atoms with Crippen molar-refractivity contribution in [3.63, 3.8) is 0 Å². The molecule has 4 heteroatoms. The van der Waals surface area contributed by atoms with Crippen LogP contribution in [-0.4, -0.2) is 7.05 Å². The highest BCUT2D eigenvalue weighted by Crippen LogP contribution is 2.51. The van der Waals surface area contributed by atoms with E-state index in [0.29, 0.717) is 0 Å². The predicted octanol–water partition coefficient (Wildman–Crippen LogP) is 11.6. The second kappa shape index (κ2) is 10.1. The summed E-state index contributed by atoms with van der Waals surface area (Å²) in [5, 5.41) is 2.13. The Morgan fingerprint density at radius 3 is 1.82 bits per heavy atom. The van der Waals surface area contributed by atoms with E-state index in [1.165, 1.54) is 39.9 Å². The molecular weight excluding hydrogens is 555 g/mol. The van der Waals surface area contributed by atoms with Crippen LogP contribution in [0, 0.1) is 12.7 Å². The lowest BCUT2D eigenvalue weighted by atomic mass is 9.82. The third-order valence-electron chi connectivity index (χ3n) is 9.39. The molecule has 1 heterocycles. The molecule has 0 radical (unpaired) electrons. The number of furan rings is 1. The van der Waals surface area contributed by atoms with Crippen molar-refractivity contribution < 1.29 is 8.81 Å². The lowest BCUT2D eigenvalue weighted by molar-refractivity contribution is 0.628. The summed E-state index contributed by atoms with van der Waals surface area (Å²) in [4.78, 5) is 4.34. The molecule has 0 bridgehead atoms. The van der Waals surface area contributed by atoms with Crippen molar-refractivity contribution in [3.8, 4) is 11.1 Å². The SMILES string of the molecule is Cc1ccc2c(c1)-c1cc(N(c3ccccc3)c3ccc4c(c3)oc3cc(N(C)c5ccc(F)cc5)ccc34)ccc1C2(C)C. The summed E-state index contributed by atoms with van der Waals surface area (Å²) >= 11 is 0. The fourth-order valence-corrected chi connectivity index (χ4v) is 6.95. The number of benzene rings is 6. The van der Waals surface area contributed by atoms with Gasteiger partial charge in [0.25, 0.3) is 0 Å². The molecule has 3 nitrogen and oxygen atoms in total. The maximum absolute atomic E-state index is 13.5. The first-order chi connectivity index (χ1) is 21.8. The quantitative estimate of drug-likeness (QED) is 0.199. The molecule has 8 rings (SSSR count). The van der Waals surface area contributed by atoms with Gasteiger partial charge in [-0.2, -0.15) is 0 Å². The monoisotopic (exact) mass is 588 g/mol. The largest absolute Gasteiger partial charge is 0.456 e. The Bertz CT molecular complexity index is 2230. The van der Waals surface area contributed by atoms with Crippen LogP contribution in [0.1, 0.15) is 30.5 Å². The van der Waals surface area contributed by atoms with E-state index in [2.05, 4.69) is 129 Å². The van der Waals surface area contributed by atoms with Gasteiger partial charge in [0.1, 0.15) is 17.0 Å². The third kappa shape index (κ3) is 4.40. The number of para-hydroxylation sites is 1. The van der Waals surface area contributed by atoms with Crippen LogP contribution < -0.4 is 9.80 Å². The summed E-state index contributed by atoms with van der Waals surface area (Å²) in [5.74, 6) is -0.246. The van der Waals surface area contributed by atoms with Crippen LogP contribution in [0.4, 0.5) is 32.8 Å². The number of anilines is 5. The van der Waals surface area contributed by atoms with E-state index in [1.54, 1.807) is 12.1 Å². The summed E-state index contributed by atoms with van der Waals surface area (Å²) in [6.45, 7) is 6.80. The van der Waals surface area contributed by atoms with Gasteiger partial charge in [-0.05, 0) is 102 Å². The second-order valence-electron chi connectivity index (χ2n) is 12.6. The molecule has 0 aliphatic heterocycles. The molecule has 1 aliphatic carbocycles. The zero-order valence-corrected chi connectivity index (χ0v) is 25.8. The molecule has 7 aromatic rings. The molecular formula is C41H33FN2O. The highest BCUT2D eigenvalue weighted by atomic mass is 19.1. The topological polar surface area (TPSA) is 19.6 Å². The van der Waals surface area contributed by atoms with Gasteiger partial charge in [0, 0.05) is 63.8 Å². The Hall–Kier alpha value is -5.35. The van der Waals surface area contributed by atoms with Gasteiger partial charge in [-0.25, -0.2) is 4.39 Å². The fraction of sp³-hybridized carbons (Fsp3) is 0.122. The fourth-order valence-electron chi connectivity index (χ4n) is 6.95. The van der Waals surface area contributed by atoms with Gasteiger partial charge in [0.05, 0.1) is 0 Å². The van der Waals surface area contributed by atoms with Crippen molar-refractivity contribution >= 4 is 50.4 Å². The van der Waals surface area contributed by atoms with Gasteiger partial charge < -0.3 is 14.2 Å². The minimum atomic E-state index is -0.246. The highest BCUT2D eigenvalue weighted by molar-refractivity contribution is 6.07. The molecule has 0 fully saturated rings. The van der Waals surface area contributed by atoms with Gasteiger partial charge >= 0.3 is 0 Å². The molecule has 0 atom stereocenters. The van der Waals surface area contributed by atoms with E-state index in [0.717, 1.165) is 50.4 Å². The summed E-state index contributed by atoms with van der Waals surface area (Å²) in [7, 11) is 1.98. The average Bonchev–Trinajstić information content (AvgIpc) is 3.52. The summed E-state index contributed by atoms with van der Waals surface area (Å²) in [6.07, 6.45) is 0. The van der Waals surface area contributed by atoms with Crippen molar-refractivity contribution in [2.24, 2.45) is 0 Å². The molecule has 0 saturated carbocycles. The maximum Gasteiger partial charge on any atom is 0.137 e. The van der Waals surface area contributed by atoms with E-state index in [1.807, 2.05) is 11.9 Å². The van der Waals surface area contributed by atoms with E-state index in [-0.39, 0.29) is 11.2 Å². The van der Waals surface area contributed by atoms with E-state index in [4.69, 9.17) is 4.42 Å². The van der Waals surface area contributed by atoms with Crippen molar-refractivity contribution in [1.82, 2.24) is 0 Å². The normalized spacial score (nSPS) is 13.2. The summed E-state index contributed by atoms with van der Waals surface area (Å²) in [6, 6.07) is 43.5. The van der Waals surface area contributed by atoms with E-state index >= 15 is 0 Å². The zero-order valence-electron chi connectivity index (χ0n) is 25.8. The van der Waals surface area contributed by atoms with Crippen LogP contribution in [0.3, 0.4) is 0 Å². The number of nitrogens with zero attached hydrogens (tertiary/aromatic N) is 2. The minimum absolute atomic E-state index is 0.0503. The van der Waals surface area contributed by atoms with Gasteiger partial charge in [-0.3, -0.25) is 0 Å². The average molecular weight is 589 g/mol. The van der Waals surface area contributed by atoms with Gasteiger partial charge in [0.2, 0.25) is 0 Å². The van der Waals surface area contributed by atoms with Crippen LogP contribution in [0.2, 0.25) is 0 Å². The van der Waals surface area contributed by atoms with Crippen molar-refractivity contribution in [1.29, 1.82) is 0 Å². The number of hydrogen-bond acceptors (Lipinski definition) is 3. The van der Waals surface area contributed by atoms with Gasteiger partial charge in [0.15, 0.2) is 0 Å². The molecule has 0 unspecified atom stereocenters. The molecule has 0 saturated heterocycles. The Labute approximate surface area is 262 Å². The molecule has 0 spiro atoms. The number of hydrogen-bond donors (Lipinski definition) is 0. The molecule has 45 heavy (non-hydrogen) atoms. The third-order valence-corrected chi connectivity index (χ3v) is 9.39. The molecule has 1 aromatic heterocycles. The molecule has 0 N–H and O–H groups in total. The minimum Gasteiger partial charge on any atom is -0.456 e. The Kier molecular flexibility index (Phi) is 6.11. The predicted molar refractivity (Wildman–Crippen MR) is 185 cm³/mol. The standard InChI is InChI=1S/C41H33FN2O/c1-26-10-20-37-35(22-26)36-23-31(17-21-38(36)41(37,2)3)44(29-8-6-5-7-9-29)32-16-19-34-33-18-15-30(24-39(33)45-40(34)25-32)43(4)28-13-11-27(42)12-14-28/h5-25H,1-4H3. The van der Waals surface area contributed by atoms with Crippen LogP contribution in [0.15, 0.2) is 132 Å². The first-order valence-electron chi connectivity index (χ1n) is 15.3. The molecule has 0 amide bonds. The van der Waals surface area contributed by atoms with E-state index in [9.17, 15) is 4.39 Å². The molecule has 220 valence electrons. The Balaban J connectivity index is 1.24. The zero-order chi connectivity index (χ0) is 30.9. The molecule has 1 aliphatic rings. The number of halogens is 1. The summed E-state index contributed by atoms with van der Waals surface area (Å²) < 4.78 is 20.0. The van der Waals surface area contributed by atoms with Crippen molar-refractivity contribution in [2.45, 2.75) is 26.2 Å². The number of rotatable bonds is 5. The van der Waals surface area contributed by atoms with Crippen molar-refractivity contribution in [3.05, 3.63) is 150 Å². The first-order valence-corrected chi connectivity index (χ1v) is 15.3. The number of fused-ring (bicyclic) bond motifs is 6. The van der Waals surface area contributed by atoms with E-state index < -0.39 is 0 Å². The van der Waals surface area contributed by atoms with Crippen LogP contribution in [-0.2, 0) is 5.41 Å². The smallest absolute Gasteiger partial charge is 0.137 e. The Morgan fingerprint density at radius 2 is 1.11 bits per heavy atom. The lowest BCUT2D eigenvalue weighted by Gasteiger charge is -2.27. The summed E-state index contributed by atoms with van der Waals surface area (Å²) in [5.41, 5.74) is 13.3. The molecule has 6 aromatic carbocycles. The maximum atomic E-state index is 13.5. The van der Waals surface area contributed by atoms with Gasteiger partial charge in [-0.1, -0.05) is 61.9 Å². The van der Waals surface area contributed by atoms with Crippen LogP contribution in [0.5, 0.6) is 0 Å². The van der Waals surface area contributed by atoms with Crippen molar-refractivity contribution in [2.75, 3.05) is 16.8 Å². The first kappa shape index (κ1) is 27.2. The van der Waals surface area contributed by atoms with Crippen LogP contribution in [0.25, 0.3) is 33.1 Å². The number of aryl methyl sites for hydroxylation is 1. The van der Waals surface area contributed by atoms with Gasteiger partial charge in [-0.15, -0.1) is 0 Å².